The monoisotopic (exact) mass is 485 g/mol. The van der Waals surface area contributed by atoms with E-state index in [0.29, 0.717) is 48.8 Å². The van der Waals surface area contributed by atoms with Gasteiger partial charge in [0.2, 0.25) is 11.8 Å². The topological polar surface area (TPSA) is 79.0 Å². The quantitative estimate of drug-likeness (QED) is 0.601. The van der Waals surface area contributed by atoms with Gasteiger partial charge in [0.15, 0.2) is 0 Å². The molecule has 1 aliphatic rings. The van der Waals surface area contributed by atoms with E-state index in [-0.39, 0.29) is 30.2 Å². The lowest BCUT2D eigenvalue weighted by Crippen LogP contribution is -2.46. The van der Waals surface area contributed by atoms with Crippen molar-refractivity contribution in [2.75, 3.05) is 38.6 Å². The summed E-state index contributed by atoms with van der Waals surface area (Å²) >= 11 is 6.08. The number of rotatable bonds is 8. The second-order valence-electron chi connectivity index (χ2n) is 8.53. The van der Waals surface area contributed by atoms with Gasteiger partial charge in [-0.25, -0.2) is 0 Å². The summed E-state index contributed by atoms with van der Waals surface area (Å²) in [6.07, 6.45) is 1.86. The predicted octanol–water partition coefficient (Wildman–Crippen LogP) is 4.39. The second-order valence-corrected chi connectivity index (χ2v) is 8.97. The van der Waals surface area contributed by atoms with Crippen LogP contribution in [0.2, 0.25) is 5.02 Å². The molecule has 2 aromatic rings. The molecule has 1 N–H and O–H groups in total. The first-order valence-electron chi connectivity index (χ1n) is 11.6. The minimum atomic E-state index is -0.219. The fraction of sp³-hybridized carbons (Fsp3) is 0.423. The van der Waals surface area contributed by atoms with E-state index in [0.717, 1.165) is 17.7 Å². The zero-order chi connectivity index (χ0) is 24.7. The molecule has 34 heavy (non-hydrogen) atoms. The zero-order valence-corrected chi connectivity index (χ0v) is 20.7. The van der Waals surface area contributed by atoms with Gasteiger partial charge < -0.3 is 19.9 Å². The van der Waals surface area contributed by atoms with Crippen LogP contribution in [-0.2, 0) is 9.59 Å². The van der Waals surface area contributed by atoms with E-state index in [9.17, 15) is 14.4 Å². The van der Waals surface area contributed by atoms with Crippen molar-refractivity contribution >= 4 is 35.0 Å². The molecule has 1 heterocycles. The van der Waals surface area contributed by atoms with E-state index >= 15 is 0 Å². The lowest BCUT2D eigenvalue weighted by atomic mass is 9.94. The van der Waals surface area contributed by atoms with E-state index in [1.165, 1.54) is 7.11 Å². The summed E-state index contributed by atoms with van der Waals surface area (Å²) in [6, 6.07) is 12.5. The minimum Gasteiger partial charge on any atom is -0.496 e. The summed E-state index contributed by atoms with van der Waals surface area (Å²) < 4.78 is 5.31. The number of ether oxygens (including phenoxy) is 1. The number of likely N-dealkylation sites (tertiary alicyclic amines) is 1. The van der Waals surface area contributed by atoms with Gasteiger partial charge in [-0.1, -0.05) is 36.7 Å². The number of hydrogen-bond donors (Lipinski definition) is 1. The van der Waals surface area contributed by atoms with Crippen LogP contribution >= 0.6 is 11.6 Å². The Morgan fingerprint density at radius 1 is 1.15 bits per heavy atom. The van der Waals surface area contributed by atoms with Crippen LogP contribution in [0.25, 0.3) is 0 Å². The van der Waals surface area contributed by atoms with E-state index in [2.05, 4.69) is 5.32 Å². The standard InChI is InChI=1S/C26H32ClN3O4/c1-4-13-30(17-24(31)28-22-8-6-5-7-18(22)2)25(32)19-11-14-29(15-12-19)26(33)21-16-20(27)9-10-23(21)34-3/h5-10,16,19H,4,11-15,17H2,1-3H3,(H,28,31). The molecule has 2 aromatic carbocycles. The molecule has 0 aliphatic carbocycles. The molecular weight excluding hydrogens is 454 g/mol. The Labute approximate surface area is 206 Å². The Hall–Kier alpha value is -3.06. The number of carbonyl (C=O) groups is 3. The maximum absolute atomic E-state index is 13.2. The number of halogens is 1. The van der Waals surface area contributed by atoms with E-state index in [1.54, 1.807) is 28.0 Å². The van der Waals surface area contributed by atoms with Crippen LogP contribution in [0.3, 0.4) is 0 Å². The number of amides is 3. The first kappa shape index (κ1) is 25.6. The molecule has 182 valence electrons. The highest BCUT2D eigenvalue weighted by Gasteiger charge is 2.32. The van der Waals surface area contributed by atoms with Gasteiger partial charge >= 0.3 is 0 Å². The summed E-state index contributed by atoms with van der Waals surface area (Å²) in [5, 5.41) is 3.37. The third-order valence-electron chi connectivity index (χ3n) is 6.08. The first-order valence-corrected chi connectivity index (χ1v) is 12.0. The molecule has 8 heteroatoms. The number of benzene rings is 2. The third kappa shape index (κ3) is 6.29. The molecule has 0 unspecified atom stereocenters. The van der Waals surface area contributed by atoms with Gasteiger partial charge in [-0.3, -0.25) is 14.4 Å². The van der Waals surface area contributed by atoms with Crippen LogP contribution in [-0.4, -0.2) is 60.8 Å². The molecule has 0 spiro atoms. The highest BCUT2D eigenvalue weighted by atomic mass is 35.5. The average molecular weight is 486 g/mol. The lowest BCUT2D eigenvalue weighted by molar-refractivity contribution is -0.139. The van der Waals surface area contributed by atoms with Crippen molar-refractivity contribution in [2.45, 2.75) is 33.1 Å². The number of methoxy groups -OCH3 is 1. The van der Waals surface area contributed by atoms with Crippen molar-refractivity contribution in [2.24, 2.45) is 5.92 Å². The normalized spacial score (nSPS) is 13.9. The van der Waals surface area contributed by atoms with Crippen LogP contribution in [0.1, 0.15) is 42.1 Å². The highest BCUT2D eigenvalue weighted by molar-refractivity contribution is 6.31. The molecular formula is C26H32ClN3O4. The van der Waals surface area contributed by atoms with Gasteiger partial charge in [0.05, 0.1) is 19.2 Å². The Balaban J connectivity index is 1.60. The van der Waals surface area contributed by atoms with Gasteiger partial charge in [0, 0.05) is 36.3 Å². The predicted molar refractivity (Wildman–Crippen MR) is 133 cm³/mol. The Morgan fingerprint density at radius 2 is 1.85 bits per heavy atom. The van der Waals surface area contributed by atoms with E-state index in [4.69, 9.17) is 16.3 Å². The maximum atomic E-state index is 13.2. The van der Waals surface area contributed by atoms with Crippen LogP contribution < -0.4 is 10.1 Å². The molecule has 3 rings (SSSR count). The molecule has 1 saturated heterocycles. The molecule has 0 saturated carbocycles. The molecule has 1 aliphatic heterocycles. The van der Waals surface area contributed by atoms with Crippen LogP contribution in [0.5, 0.6) is 5.75 Å². The summed E-state index contributed by atoms with van der Waals surface area (Å²) in [7, 11) is 1.52. The molecule has 0 bridgehead atoms. The number of para-hydroxylation sites is 1. The third-order valence-corrected chi connectivity index (χ3v) is 6.32. The first-order chi connectivity index (χ1) is 16.3. The van der Waals surface area contributed by atoms with Crippen molar-refractivity contribution in [3.8, 4) is 5.75 Å². The fourth-order valence-electron chi connectivity index (χ4n) is 4.22. The summed E-state index contributed by atoms with van der Waals surface area (Å²) in [5.41, 5.74) is 2.14. The van der Waals surface area contributed by atoms with Crippen LogP contribution in [0, 0.1) is 12.8 Å². The van der Waals surface area contributed by atoms with Crippen molar-refractivity contribution < 1.29 is 19.1 Å². The smallest absolute Gasteiger partial charge is 0.257 e. The summed E-state index contributed by atoms with van der Waals surface area (Å²) in [6.45, 7) is 5.36. The summed E-state index contributed by atoms with van der Waals surface area (Å²) in [5.74, 6) is -0.149. The minimum absolute atomic E-state index is 0.0138. The van der Waals surface area contributed by atoms with Gasteiger partial charge in [-0.2, -0.15) is 0 Å². The number of nitrogens with one attached hydrogen (secondary N) is 1. The number of hydrogen-bond acceptors (Lipinski definition) is 4. The number of anilines is 1. The molecule has 0 radical (unpaired) electrons. The Morgan fingerprint density at radius 3 is 2.50 bits per heavy atom. The van der Waals surface area contributed by atoms with Crippen molar-refractivity contribution in [1.82, 2.24) is 9.80 Å². The van der Waals surface area contributed by atoms with Crippen molar-refractivity contribution in [3.05, 3.63) is 58.6 Å². The van der Waals surface area contributed by atoms with Gasteiger partial charge in [0.25, 0.3) is 5.91 Å². The van der Waals surface area contributed by atoms with Crippen LogP contribution in [0.4, 0.5) is 5.69 Å². The number of carbonyl (C=O) groups excluding carboxylic acids is 3. The molecule has 0 aromatic heterocycles. The van der Waals surface area contributed by atoms with Crippen molar-refractivity contribution in [3.63, 3.8) is 0 Å². The van der Waals surface area contributed by atoms with Gasteiger partial charge in [-0.05, 0) is 56.0 Å². The Kier molecular flexibility index (Phi) is 8.93. The summed E-state index contributed by atoms with van der Waals surface area (Å²) in [4.78, 5) is 42.3. The highest BCUT2D eigenvalue weighted by Crippen LogP contribution is 2.27. The van der Waals surface area contributed by atoms with E-state index < -0.39 is 0 Å². The number of piperidine rings is 1. The molecule has 1 fully saturated rings. The van der Waals surface area contributed by atoms with Crippen LogP contribution in [0.15, 0.2) is 42.5 Å². The zero-order valence-electron chi connectivity index (χ0n) is 20.0. The maximum Gasteiger partial charge on any atom is 0.257 e. The average Bonchev–Trinajstić information content (AvgIpc) is 2.84. The van der Waals surface area contributed by atoms with E-state index in [1.807, 2.05) is 38.1 Å². The molecule has 7 nitrogen and oxygen atoms in total. The number of nitrogens with zero attached hydrogens (tertiary/aromatic N) is 2. The number of aryl methyl sites for hydroxylation is 1. The fourth-order valence-corrected chi connectivity index (χ4v) is 4.39. The molecule has 0 atom stereocenters. The van der Waals surface area contributed by atoms with Gasteiger partial charge in [-0.15, -0.1) is 0 Å². The second kappa shape index (κ2) is 11.9. The SMILES string of the molecule is CCCN(CC(=O)Nc1ccccc1C)C(=O)C1CCN(C(=O)c2cc(Cl)ccc2OC)CC1. The largest absolute Gasteiger partial charge is 0.496 e. The lowest BCUT2D eigenvalue weighted by Gasteiger charge is -2.34. The molecule has 3 amide bonds. The van der Waals surface area contributed by atoms with Gasteiger partial charge in [0.1, 0.15) is 5.75 Å². The van der Waals surface area contributed by atoms with Crippen molar-refractivity contribution in [1.29, 1.82) is 0 Å². The Bertz CT molecular complexity index is 1030.